The lowest BCUT2D eigenvalue weighted by atomic mass is 9.83. The monoisotopic (exact) mass is 198 g/mol. The zero-order valence-corrected chi connectivity index (χ0v) is 10.3. The Bertz CT molecular complexity index is 143. The molecule has 0 radical (unpaired) electrons. The first-order valence-corrected chi connectivity index (χ1v) is 6.17. The van der Waals surface area contributed by atoms with Crippen LogP contribution in [0.4, 0.5) is 0 Å². The van der Waals surface area contributed by atoms with Crippen molar-refractivity contribution in [3.05, 3.63) is 0 Å². The van der Waals surface area contributed by atoms with Gasteiger partial charge in [-0.25, -0.2) is 0 Å². The van der Waals surface area contributed by atoms with E-state index in [1.54, 1.807) is 0 Å². The lowest BCUT2D eigenvalue weighted by Crippen LogP contribution is -2.21. The second kappa shape index (κ2) is 8.02. The SMILES string of the molecule is CC(C)C(=O)C1CCCCC1.CCC. The smallest absolute Gasteiger partial charge is 0.138 e. The summed E-state index contributed by atoms with van der Waals surface area (Å²) in [4.78, 5) is 11.5. The highest BCUT2D eigenvalue weighted by Crippen LogP contribution is 2.26. The molecule has 0 aliphatic heterocycles. The molecule has 1 nitrogen and oxygen atoms in total. The van der Waals surface area contributed by atoms with Gasteiger partial charge in [-0.3, -0.25) is 4.79 Å². The summed E-state index contributed by atoms with van der Waals surface area (Å²) in [5, 5.41) is 0. The van der Waals surface area contributed by atoms with E-state index in [2.05, 4.69) is 13.8 Å². The van der Waals surface area contributed by atoms with Crippen LogP contribution in [0.3, 0.4) is 0 Å². The molecule has 0 aromatic rings. The molecular formula is C13H26O. The number of hydrogen-bond donors (Lipinski definition) is 0. The third kappa shape index (κ3) is 5.41. The Labute approximate surface area is 89.3 Å². The van der Waals surface area contributed by atoms with E-state index in [1.807, 2.05) is 13.8 Å². The first-order chi connectivity index (χ1) is 6.63. The van der Waals surface area contributed by atoms with Crippen LogP contribution < -0.4 is 0 Å². The van der Waals surface area contributed by atoms with Gasteiger partial charge in [0.15, 0.2) is 0 Å². The zero-order chi connectivity index (χ0) is 11.0. The van der Waals surface area contributed by atoms with Crippen molar-refractivity contribution in [2.45, 2.75) is 66.2 Å². The number of Topliss-reactive ketones (excluding diaryl/α,β-unsaturated/α-hetero) is 1. The molecule has 0 N–H and O–H groups in total. The maximum atomic E-state index is 11.5. The number of ketones is 1. The molecule has 0 bridgehead atoms. The second-order valence-corrected chi connectivity index (χ2v) is 4.60. The minimum Gasteiger partial charge on any atom is -0.299 e. The predicted octanol–water partition coefficient (Wildman–Crippen LogP) is 4.21. The van der Waals surface area contributed by atoms with Crippen molar-refractivity contribution < 1.29 is 4.79 Å². The van der Waals surface area contributed by atoms with Crippen LogP contribution in [0.25, 0.3) is 0 Å². The van der Waals surface area contributed by atoms with Gasteiger partial charge in [-0.2, -0.15) is 0 Å². The van der Waals surface area contributed by atoms with Crippen LogP contribution in [0.15, 0.2) is 0 Å². The summed E-state index contributed by atoms with van der Waals surface area (Å²) in [6, 6.07) is 0. The normalized spacial score (nSPS) is 17.5. The predicted molar refractivity (Wildman–Crippen MR) is 62.4 cm³/mol. The molecule has 0 heterocycles. The van der Waals surface area contributed by atoms with Crippen molar-refractivity contribution in [2.24, 2.45) is 11.8 Å². The van der Waals surface area contributed by atoms with Crippen molar-refractivity contribution in [3.8, 4) is 0 Å². The molecule has 0 amide bonds. The minimum atomic E-state index is 0.248. The van der Waals surface area contributed by atoms with Crippen molar-refractivity contribution in [1.29, 1.82) is 0 Å². The zero-order valence-electron chi connectivity index (χ0n) is 10.3. The van der Waals surface area contributed by atoms with Gasteiger partial charge in [0.2, 0.25) is 0 Å². The number of carbonyl (C=O) groups excluding carboxylic acids is 1. The summed E-state index contributed by atoms with van der Waals surface area (Å²) < 4.78 is 0. The van der Waals surface area contributed by atoms with Crippen LogP contribution in [0.5, 0.6) is 0 Å². The van der Waals surface area contributed by atoms with Crippen molar-refractivity contribution in [2.75, 3.05) is 0 Å². The van der Waals surface area contributed by atoms with Gasteiger partial charge in [0, 0.05) is 11.8 Å². The fraction of sp³-hybridized carbons (Fsp3) is 0.923. The maximum absolute atomic E-state index is 11.5. The summed E-state index contributed by atoms with van der Waals surface area (Å²) in [5.74, 6) is 1.14. The molecule has 14 heavy (non-hydrogen) atoms. The summed E-state index contributed by atoms with van der Waals surface area (Å²) >= 11 is 0. The van der Waals surface area contributed by atoms with Gasteiger partial charge >= 0.3 is 0 Å². The Morgan fingerprint density at radius 2 is 1.57 bits per heavy atom. The molecule has 0 saturated heterocycles. The molecule has 1 aliphatic rings. The molecule has 0 unspecified atom stereocenters. The van der Waals surface area contributed by atoms with Gasteiger partial charge in [-0.15, -0.1) is 0 Å². The third-order valence-corrected chi connectivity index (χ3v) is 2.58. The standard InChI is InChI=1S/C10H18O.C3H8/c1-8(2)10(11)9-6-4-3-5-7-9;1-3-2/h8-9H,3-7H2,1-2H3;3H2,1-2H3. The van der Waals surface area contributed by atoms with E-state index in [0.717, 1.165) is 12.8 Å². The Hall–Kier alpha value is -0.330. The van der Waals surface area contributed by atoms with Crippen LogP contribution in [0.1, 0.15) is 66.2 Å². The highest BCUT2D eigenvalue weighted by molar-refractivity contribution is 5.82. The van der Waals surface area contributed by atoms with E-state index >= 15 is 0 Å². The first kappa shape index (κ1) is 13.7. The van der Waals surface area contributed by atoms with Crippen LogP contribution in [0.2, 0.25) is 0 Å². The number of hydrogen-bond acceptors (Lipinski definition) is 1. The van der Waals surface area contributed by atoms with E-state index in [-0.39, 0.29) is 5.92 Å². The maximum Gasteiger partial charge on any atom is 0.138 e. The van der Waals surface area contributed by atoms with Gasteiger partial charge in [0.25, 0.3) is 0 Å². The van der Waals surface area contributed by atoms with Crippen LogP contribution in [0, 0.1) is 11.8 Å². The third-order valence-electron chi connectivity index (χ3n) is 2.58. The largest absolute Gasteiger partial charge is 0.299 e. The molecule has 1 rings (SSSR count). The van der Waals surface area contributed by atoms with Crippen LogP contribution >= 0.6 is 0 Å². The summed E-state index contributed by atoms with van der Waals surface area (Å²) in [6.45, 7) is 8.27. The molecule has 1 heteroatoms. The summed E-state index contributed by atoms with van der Waals surface area (Å²) in [5.41, 5.74) is 0. The Kier molecular flexibility index (Phi) is 7.83. The number of rotatable bonds is 2. The second-order valence-electron chi connectivity index (χ2n) is 4.60. The van der Waals surface area contributed by atoms with Gasteiger partial charge in [0.05, 0.1) is 0 Å². The average Bonchev–Trinajstić information content (AvgIpc) is 2.19. The van der Waals surface area contributed by atoms with E-state index in [1.165, 1.54) is 25.7 Å². The Morgan fingerprint density at radius 1 is 1.14 bits per heavy atom. The van der Waals surface area contributed by atoms with E-state index in [9.17, 15) is 4.79 Å². The quantitative estimate of drug-likeness (QED) is 0.649. The fourth-order valence-corrected chi connectivity index (χ4v) is 1.86. The van der Waals surface area contributed by atoms with Gasteiger partial charge < -0.3 is 0 Å². The fourth-order valence-electron chi connectivity index (χ4n) is 1.86. The number of carbonyl (C=O) groups is 1. The minimum absolute atomic E-state index is 0.248. The molecule has 0 aromatic heterocycles. The Balaban J connectivity index is 0.000000500. The lowest BCUT2D eigenvalue weighted by molar-refractivity contribution is -0.126. The summed E-state index contributed by atoms with van der Waals surface area (Å²) in [6.07, 6.45) is 7.42. The topological polar surface area (TPSA) is 17.1 Å². The highest BCUT2D eigenvalue weighted by atomic mass is 16.1. The summed E-state index contributed by atoms with van der Waals surface area (Å²) in [7, 11) is 0. The van der Waals surface area contributed by atoms with Crippen molar-refractivity contribution in [3.63, 3.8) is 0 Å². The van der Waals surface area contributed by atoms with Gasteiger partial charge in [-0.1, -0.05) is 53.4 Å². The average molecular weight is 198 g/mol. The molecule has 1 aliphatic carbocycles. The van der Waals surface area contributed by atoms with E-state index in [4.69, 9.17) is 0 Å². The van der Waals surface area contributed by atoms with E-state index in [0.29, 0.717) is 11.7 Å². The molecule has 84 valence electrons. The molecule has 0 atom stereocenters. The molecule has 0 spiro atoms. The first-order valence-electron chi connectivity index (χ1n) is 6.17. The molecule has 0 aromatic carbocycles. The highest BCUT2D eigenvalue weighted by Gasteiger charge is 2.22. The van der Waals surface area contributed by atoms with Crippen molar-refractivity contribution in [1.82, 2.24) is 0 Å². The molecular weight excluding hydrogens is 172 g/mol. The lowest BCUT2D eigenvalue weighted by Gasteiger charge is -2.21. The van der Waals surface area contributed by atoms with Gasteiger partial charge in [-0.05, 0) is 12.8 Å². The van der Waals surface area contributed by atoms with Crippen LogP contribution in [-0.2, 0) is 4.79 Å². The van der Waals surface area contributed by atoms with Gasteiger partial charge in [0.1, 0.15) is 5.78 Å². The van der Waals surface area contributed by atoms with E-state index < -0.39 is 0 Å². The molecule has 1 fully saturated rings. The molecule has 1 saturated carbocycles. The Morgan fingerprint density at radius 3 is 1.93 bits per heavy atom. The van der Waals surface area contributed by atoms with Crippen molar-refractivity contribution >= 4 is 5.78 Å². The van der Waals surface area contributed by atoms with Crippen LogP contribution in [-0.4, -0.2) is 5.78 Å².